The molecule has 76 valence electrons. The Morgan fingerprint density at radius 3 is 2.46 bits per heavy atom. The topological polar surface area (TPSA) is 27.1 Å². The van der Waals surface area contributed by atoms with Crippen LogP contribution in [0.25, 0.3) is 0 Å². The predicted molar refractivity (Wildman–Crippen MR) is 59.2 cm³/mol. The van der Waals surface area contributed by atoms with E-state index >= 15 is 0 Å². The zero-order valence-corrected chi connectivity index (χ0v) is 9.30. The normalized spacial score (nSPS) is 11.2. The summed E-state index contributed by atoms with van der Waals surface area (Å²) in [6, 6.07) is 0. The molecule has 1 N–H and O–H groups in total. The lowest BCUT2D eigenvalue weighted by atomic mass is 10.2. The van der Waals surface area contributed by atoms with Crippen LogP contribution in [0.4, 0.5) is 0 Å². The number of hydrogen-bond acceptors (Lipinski definition) is 1. The monoisotopic (exact) mass is 182 g/mol. The molecule has 0 heterocycles. The van der Waals surface area contributed by atoms with E-state index in [1.54, 1.807) is 0 Å². The second-order valence-electron chi connectivity index (χ2n) is 3.68. The van der Waals surface area contributed by atoms with Gasteiger partial charge in [-0.15, -0.1) is 0 Å². The molecule has 0 saturated heterocycles. The highest BCUT2D eigenvalue weighted by molar-refractivity contribution is 5.80. The molecule has 0 fully saturated rings. The molecular weight excluding hydrogens is 160 g/mol. The number of unbranched alkanes of at least 4 members (excludes halogenated alkanes) is 1. The molecule has 0 aromatic heterocycles. The Kier molecular flexibility index (Phi) is 6.29. The Balaban J connectivity index is 3.73. The van der Waals surface area contributed by atoms with E-state index in [9.17, 15) is 0 Å². The zero-order valence-electron chi connectivity index (χ0n) is 9.30. The minimum atomic E-state index is 0.324. The number of hydrogen-bond donors (Lipinski definition) is 1. The molecule has 0 aromatic carbocycles. The van der Waals surface area contributed by atoms with Crippen LogP contribution in [-0.2, 0) is 0 Å². The molecule has 13 heavy (non-hydrogen) atoms. The fraction of sp³-hybridized carbons (Fsp3) is 0.727. The summed E-state index contributed by atoms with van der Waals surface area (Å²) in [5, 5.41) is 7.72. The van der Waals surface area contributed by atoms with Gasteiger partial charge in [-0.25, -0.2) is 0 Å². The van der Waals surface area contributed by atoms with Gasteiger partial charge >= 0.3 is 0 Å². The first-order chi connectivity index (χ1) is 6.09. The molecule has 0 spiro atoms. The van der Waals surface area contributed by atoms with Crippen molar-refractivity contribution in [1.82, 2.24) is 4.90 Å². The summed E-state index contributed by atoms with van der Waals surface area (Å²) in [6.07, 6.45) is 6.66. The largest absolute Gasteiger partial charge is 0.360 e. The molecule has 2 nitrogen and oxygen atoms in total. The Morgan fingerprint density at radius 1 is 1.38 bits per heavy atom. The van der Waals surface area contributed by atoms with Gasteiger partial charge in [0.25, 0.3) is 0 Å². The van der Waals surface area contributed by atoms with Gasteiger partial charge in [-0.05, 0) is 6.42 Å². The average Bonchev–Trinajstić information content (AvgIpc) is 2.10. The highest BCUT2D eigenvalue weighted by Gasteiger charge is 2.05. The van der Waals surface area contributed by atoms with Crippen LogP contribution < -0.4 is 0 Å². The van der Waals surface area contributed by atoms with Crippen LogP contribution in [0.1, 0.15) is 33.6 Å². The fourth-order valence-corrected chi connectivity index (χ4v) is 1.06. The lowest BCUT2D eigenvalue weighted by molar-refractivity contribution is 0.521. The smallest absolute Gasteiger partial charge is 0.0984 e. The molecule has 0 aromatic rings. The van der Waals surface area contributed by atoms with E-state index in [4.69, 9.17) is 5.41 Å². The fourth-order valence-electron chi connectivity index (χ4n) is 1.06. The van der Waals surface area contributed by atoms with Crippen molar-refractivity contribution in [1.29, 1.82) is 5.41 Å². The Bertz CT molecular complexity index is 171. The SMILES string of the molecule is CCC/C=C\CN(C)C(=N)C(C)C. The molecule has 0 saturated carbocycles. The second kappa shape index (κ2) is 6.70. The van der Waals surface area contributed by atoms with Gasteiger partial charge in [-0.1, -0.05) is 39.3 Å². The van der Waals surface area contributed by atoms with Gasteiger partial charge in [-0.2, -0.15) is 0 Å². The first kappa shape index (κ1) is 12.2. The highest BCUT2D eigenvalue weighted by atomic mass is 15.1. The van der Waals surface area contributed by atoms with E-state index in [0.717, 1.165) is 13.0 Å². The molecule has 0 rings (SSSR count). The van der Waals surface area contributed by atoms with E-state index in [1.807, 2.05) is 11.9 Å². The molecule has 0 aliphatic rings. The minimum Gasteiger partial charge on any atom is -0.360 e. The Labute approximate surface area is 82.1 Å². The van der Waals surface area contributed by atoms with Crippen molar-refractivity contribution in [3.05, 3.63) is 12.2 Å². The maximum Gasteiger partial charge on any atom is 0.0984 e. The number of amidine groups is 1. The molecule has 0 aliphatic carbocycles. The quantitative estimate of drug-likeness (QED) is 0.395. The number of rotatable bonds is 5. The number of nitrogens with zero attached hydrogens (tertiary/aromatic N) is 1. The summed E-state index contributed by atoms with van der Waals surface area (Å²) in [4.78, 5) is 1.98. The van der Waals surface area contributed by atoms with E-state index in [2.05, 4.69) is 32.9 Å². The van der Waals surface area contributed by atoms with Crippen LogP contribution in [0.2, 0.25) is 0 Å². The Morgan fingerprint density at radius 2 is 2.00 bits per heavy atom. The van der Waals surface area contributed by atoms with Gasteiger partial charge in [0.2, 0.25) is 0 Å². The van der Waals surface area contributed by atoms with Crippen LogP contribution in [0.3, 0.4) is 0 Å². The van der Waals surface area contributed by atoms with Gasteiger partial charge in [0.1, 0.15) is 0 Å². The maximum atomic E-state index is 7.72. The van der Waals surface area contributed by atoms with Gasteiger partial charge < -0.3 is 4.90 Å². The van der Waals surface area contributed by atoms with Crippen molar-refractivity contribution < 1.29 is 0 Å². The molecule has 0 atom stereocenters. The van der Waals surface area contributed by atoms with E-state index in [1.165, 1.54) is 6.42 Å². The third-order valence-electron chi connectivity index (χ3n) is 1.96. The van der Waals surface area contributed by atoms with E-state index in [0.29, 0.717) is 11.8 Å². The van der Waals surface area contributed by atoms with Gasteiger partial charge in [0.05, 0.1) is 5.84 Å². The van der Waals surface area contributed by atoms with Crippen LogP contribution in [0.5, 0.6) is 0 Å². The lowest BCUT2D eigenvalue weighted by Gasteiger charge is -2.20. The highest BCUT2D eigenvalue weighted by Crippen LogP contribution is 1.99. The molecular formula is C11H22N2. The van der Waals surface area contributed by atoms with E-state index < -0.39 is 0 Å². The van der Waals surface area contributed by atoms with Crippen LogP contribution >= 0.6 is 0 Å². The third-order valence-corrected chi connectivity index (χ3v) is 1.96. The van der Waals surface area contributed by atoms with Gasteiger partial charge in [0.15, 0.2) is 0 Å². The lowest BCUT2D eigenvalue weighted by Crippen LogP contribution is -2.29. The summed E-state index contributed by atoms with van der Waals surface area (Å²) in [5.41, 5.74) is 0. The molecule has 0 amide bonds. The van der Waals surface area contributed by atoms with Crippen LogP contribution in [0, 0.1) is 11.3 Å². The maximum absolute atomic E-state index is 7.72. The predicted octanol–water partition coefficient (Wildman–Crippen LogP) is 2.91. The zero-order chi connectivity index (χ0) is 10.3. The van der Waals surface area contributed by atoms with Crippen molar-refractivity contribution in [3.63, 3.8) is 0 Å². The van der Waals surface area contributed by atoms with E-state index in [-0.39, 0.29) is 0 Å². The van der Waals surface area contributed by atoms with Crippen molar-refractivity contribution in [2.75, 3.05) is 13.6 Å². The summed E-state index contributed by atoms with van der Waals surface area (Å²) >= 11 is 0. The summed E-state index contributed by atoms with van der Waals surface area (Å²) in [6.45, 7) is 7.13. The summed E-state index contributed by atoms with van der Waals surface area (Å²) in [5.74, 6) is 1.03. The second-order valence-corrected chi connectivity index (χ2v) is 3.68. The van der Waals surface area contributed by atoms with Gasteiger partial charge in [-0.3, -0.25) is 5.41 Å². The number of nitrogens with one attached hydrogen (secondary N) is 1. The van der Waals surface area contributed by atoms with Crippen molar-refractivity contribution in [3.8, 4) is 0 Å². The van der Waals surface area contributed by atoms with Crippen LogP contribution in [0.15, 0.2) is 12.2 Å². The van der Waals surface area contributed by atoms with Crippen molar-refractivity contribution >= 4 is 5.84 Å². The van der Waals surface area contributed by atoms with Crippen molar-refractivity contribution in [2.45, 2.75) is 33.6 Å². The molecule has 2 heteroatoms. The standard InChI is InChI=1S/C11H22N2/c1-5-6-7-8-9-13(4)11(12)10(2)3/h7-8,10,12H,5-6,9H2,1-4H3/b8-7-,12-11?. The number of allylic oxidation sites excluding steroid dienone is 1. The summed E-state index contributed by atoms with van der Waals surface area (Å²) < 4.78 is 0. The first-order valence-electron chi connectivity index (χ1n) is 5.04. The number of likely N-dealkylation sites (N-methyl/N-ethyl adjacent to an activating group) is 1. The third kappa shape index (κ3) is 5.45. The summed E-state index contributed by atoms with van der Waals surface area (Å²) in [7, 11) is 1.97. The first-order valence-corrected chi connectivity index (χ1v) is 5.04. The van der Waals surface area contributed by atoms with Crippen molar-refractivity contribution in [2.24, 2.45) is 5.92 Å². The molecule has 0 bridgehead atoms. The minimum absolute atomic E-state index is 0.324. The molecule has 0 aliphatic heterocycles. The van der Waals surface area contributed by atoms with Crippen LogP contribution in [-0.4, -0.2) is 24.3 Å². The molecule has 0 unspecified atom stereocenters. The molecule has 0 radical (unpaired) electrons. The van der Waals surface area contributed by atoms with Gasteiger partial charge in [0, 0.05) is 19.5 Å². The Hall–Kier alpha value is -0.790. The average molecular weight is 182 g/mol.